The van der Waals surface area contributed by atoms with Crippen LogP contribution in [-0.4, -0.2) is 15.9 Å². The molecule has 2 rings (SSSR count). The number of hydrogen-bond acceptors (Lipinski definition) is 4. The number of Topliss-reactive ketones (excluding diaryl/α,β-unsaturated/α-hetero) is 1. The van der Waals surface area contributed by atoms with Gasteiger partial charge < -0.3 is 4.52 Å². The van der Waals surface area contributed by atoms with Crippen molar-refractivity contribution in [1.82, 2.24) is 10.1 Å². The number of aromatic nitrogens is 2. The fourth-order valence-corrected chi connectivity index (χ4v) is 2.70. The number of ketones is 1. The van der Waals surface area contributed by atoms with Crippen molar-refractivity contribution in [3.63, 3.8) is 0 Å². The van der Waals surface area contributed by atoms with Gasteiger partial charge in [0.05, 0.1) is 5.92 Å². The van der Waals surface area contributed by atoms with Gasteiger partial charge in [0.2, 0.25) is 5.89 Å². The lowest BCUT2D eigenvalue weighted by molar-refractivity contribution is -0.119. The van der Waals surface area contributed by atoms with Crippen LogP contribution in [0.1, 0.15) is 44.0 Å². The first-order valence-electron chi connectivity index (χ1n) is 6.65. The van der Waals surface area contributed by atoms with Crippen LogP contribution in [0.2, 0.25) is 10.0 Å². The Morgan fingerprint density at radius 3 is 2.62 bits per heavy atom. The van der Waals surface area contributed by atoms with Crippen LogP contribution in [0.15, 0.2) is 22.7 Å². The van der Waals surface area contributed by atoms with Crippen LogP contribution in [0.25, 0.3) is 0 Å². The van der Waals surface area contributed by atoms with Crippen LogP contribution in [0.3, 0.4) is 0 Å². The molecule has 0 amide bonds. The van der Waals surface area contributed by atoms with Gasteiger partial charge in [0, 0.05) is 16.5 Å². The summed E-state index contributed by atoms with van der Waals surface area (Å²) in [6.07, 6.45) is 0.433. The molecule has 0 saturated carbocycles. The maximum atomic E-state index is 11.7. The van der Waals surface area contributed by atoms with Gasteiger partial charge in [-0.25, -0.2) is 0 Å². The SMILES string of the molecule is CC(=O)C(c1nc(Cc2ccc(Cl)cc2Cl)no1)C(C)C. The molecule has 0 aliphatic rings. The first-order chi connectivity index (χ1) is 9.88. The van der Waals surface area contributed by atoms with E-state index in [-0.39, 0.29) is 17.6 Å². The zero-order valence-electron chi connectivity index (χ0n) is 12.1. The first kappa shape index (κ1) is 16.0. The number of halogens is 2. The topological polar surface area (TPSA) is 56.0 Å². The van der Waals surface area contributed by atoms with Crippen LogP contribution < -0.4 is 0 Å². The number of hydrogen-bond donors (Lipinski definition) is 0. The molecule has 0 saturated heterocycles. The fraction of sp³-hybridized carbons (Fsp3) is 0.400. The number of nitrogens with zero attached hydrogens (tertiary/aromatic N) is 2. The quantitative estimate of drug-likeness (QED) is 0.822. The van der Waals surface area contributed by atoms with Crippen molar-refractivity contribution in [2.75, 3.05) is 0 Å². The Bertz CT molecular complexity index is 653. The normalized spacial score (nSPS) is 12.7. The van der Waals surface area contributed by atoms with Crippen molar-refractivity contribution >= 4 is 29.0 Å². The molecular formula is C15H16Cl2N2O2. The molecule has 0 aliphatic carbocycles. The molecule has 1 atom stereocenters. The second-order valence-electron chi connectivity index (χ2n) is 5.29. The van der Waals surface area contributed by atoms with E-state index in [4.69, 9.17) is 27.7 Å². The Hall–Kier alpha value is -1.39. The van der Waals surface area contributed by atoms with Gasteiger partial charge in [-0.15, -0.1) is 0 Å². The third kappa shape index (κ3) is 3.83. The van der Waals surface area contributed by atoms with Gasteiger partial charge in [0.25, 0.3) is 0 Å². The van der Waals surface area contributed by atoms with Gasteiger partial charge in [-0.1, -0.05) is 48.3 Å². The maximum absolute atomic E-state index is 11.7. The summed E-state index contributed by atoms with van der Waals surface area (Å²) < 4.78 is 5.23. The molecule has 4 nitrogen and oxygen atoms in total. The third-order valence-electron chi connectivity index (χ3n) is 3.22. The lowest BCUT2D eigenvalue weighted by atomic mass is 9.92. The van der Waals surface area contributed by atoms with Crippen LogP contribution in [0.4, 0.5) is 0 Å². The van der Waals surface area contributed by atoms with E-state index >= 15 is 0 Å². The molecule has 1 unspecified atom stereocenters. The number of carbonyl (C=O) groups excluding carboxylic acids is 1. The molecule has 0 N–H and O–H groups in total. The van der Waals surface area contributed by atoms with Crippen molar-refractivity contribution in [1.29, 1.82) is 0 Å². The van der Waals surface area contributed by atoms with Gasteiger partial charge in [-0.3, -0.25) is 4.79 Å². The average molecular weight is 327 g/mol. The highest BCUT2D eigenvalue weighted by Crippen LogP contribution is 2.26. The van der Waals surface area contributed by atoms with Gasteiger partial charge >= 0.3 is 0 Å². The van der Waals surface area contributed by atoms with Crippen molar-refractivity contribution < 1.29 is 9.32 Å². The average Bonchev–Trinajstić information content (AvgIpc) is 2.80. The fourth-order valence-electron chi connectivity index (χ4n) is 2.23. The van der Waals surface area contributed by atoms with E-state index in [0.29, 0.717) is 28.2 Å². The zero-order chi connectivity index (χ0) is 15.6. The van der Waals surface area contributed by atoms with Gasteiger partial charge in [0.15, 0.2) is 5.82 Å². The largest absolute Gasteiger partial charge is 0.339 e. The molecule has 0 radical (unpaired) electrons. The Kier molecular flexibility index (Phi) is 5.01. The minimum atomic E-state index is -0.369. The van der Waals surface area contributed by atoms with Crippen molar-refractivity contribution in [2.45, 2.75) is 33.1 Å². The van der Waals surface area contributed by atoms with Gasteiger partial charge in [-0.2, -0.15) is 4.98 Å². The van der Waals surface area contributed by atoms with Crippen LogP contribution in [0, 0.1) is 5.92 Å². The van der Waals surface area contributed by atoms with E-state index in [1.165, 1.54) is 6.92 Å². The maximum Gasteiger partial charge on any atom is 0.237 e. The summed E-state index contributed by atoms with van der Waals surface area (Å²) in [5.74, 6) is 0.616. The Balaban J connectivity index is 2.22. The molecule has 1 heterocycles. The monoisotopic (exact) mass is 326 g/mol. The molecular weight excluding hydrogens is 311 g/mol. The highest BCUT2D eigenvalue weighted by molar-refractivity contribution is 6.35. The molecule has 0 fully saturated rings. The Morgan fingerprint density at radius 2 is 2.05 bits per heavy atom. The van der Waals surface area contributed by atoms with Crippen LogP contribution in [0.5, 0.6) is 0 Å². The molecule has 0 aliphatic heterocycles. The van der Waals surface area contributed by atoms with E-state index in [1.54, 1.807) is 12.1 Å². The van der Waals surface area contributed by atoms with E-state index in [1.807, 2.05) is 19.9 Å². The molecule has 0 spiro atoms. The van der Waals surface area contributed by atoms with Gasteiger partial charge in [-0.05, 0) is 30.5 Å². The molecule has 1 aromatic heterocycles. The second kappa shape index (κ2) is 6.58. The zero-order valence-corrected chi connectivity index (χ0v) is 13.6. The highest BCUT2D eigenvalue weighted by Gasteiger charge is 2.26. The summed E-state index contributed by atoms with van der Waals surface area (Å²) >= 11 is 12.0. The second-order valence-corrected chi connectivity index (χ2v) is 6.14. The lowest BCUT2D eigenvalue weighted by Gasteiger charge is -2.12. The summed E-state index contributed by atoms with van der Waals surface area (Å²) in [4.78, 5) is 16.0. The Morgan fingerprint density at radius 1 is 1.33 bits per heavy atom. The number of carbonyl (C=O) groups is 1. The van der Waals surface area contributed by atoms with E-state index in [2.05, 4.69) is 10.1 Å². The lowest BCUT2D eigenvalue weighted by Crippen LogP contribution is -2.15. The van der Waals surface area contributed by atoms with Crippen molar-refractivity contribution in [3.8, 4) is 0 Å². The molecule has 1 aromatic carbocycles. The van der Waals surface area contributed by atoms with Crippen molar-refractivity contribution in [3.05, 3.63) is 45.5 Å². The minimum absolute atomic E-state index is 0.0183. The molecule has 21 heavy (non-hydrogen) atoms. The smallest absolute Gasteiger partial charge is 0.237 e. The van der Waals surface area contributed by atoms with Crippen LogP contribution >= 0.6 is 23.2 Å². The molecule has 0 bridgehead atoms. The van der Waals surface area contributed by atoms with Crippen molar-refractivity contribution in [2.24, 2.45) is 5.92 Å². The third-order valence-corrected chi connectivity index (χ3v) is 3.81. The highest BCUT2D eigenvalue weighted by atomic mass is 35.5. The van der Waals surface area contributed by atoms with E-state index < -0.39 is 0 Å². The standard InChI is InChI=1S/C15H16Cl2N2O2/c1-8(2)14(9(3)20)15-18-13(19-21-15)6-10-4-5-11(16)7-12(10)17/h4-5,7-8,14H,6H2,1-3H3. The van der Waals surface area contributed by atoms with Crippen LogP contribution in [-0.2, 0) is 11.2 Å². The summed E-state index contributed by atoms with van der Waals surface area (Å²) in [7, 11) is 0. The predicted octanol–water partition coefficient (Wildman–Crippen LogP) is 4.30. The number of benzene rings is 1. The summed E-state index contributed by atoms with van der Waals surface area (Å²) in [5.41, 5.74) is 0.859. The Labute approximate surface area is 133 Å². The summed E-state index contributed by atoms with van der Waals surface area (Å²) in [5, 5.41) is 5.06. The van der Waals surface area contributed by atoms with E-state index in [9.17, 15) is 4.79 Å². The first-order valence-corrected chi connectivity index (χ1v) is 7.41. The summed E-state index contributed by atoms with van der Waals surface area (Å²) in [6.45, 7) is 5.43. The molecule has 6 heteroatoms. The summed E-state index contributed by atoms with van der Waals surface area (Å²) in [6, 6.07) is 5.26. The minimum Gasteiger partial charge on any atom is -0.339 e. The predicted molar refractivity (Wildman–Crippen MR) is 81.8 cm³/mol. The van der Waals surface area contributed by atoms with Gasteiger partial charge in [0.1, 0.15) is 5.78 Å². The van der Waals surface area contributed by atoms with E-state index in [0.717, 1.165) is 5.56 Å². The molecule has 2 aromatic rings. The number of rotatable bonds is 5. The molecule has 112 valence electrons.